The minimum atomic E-state index is -3.65. The summed E-state index contributed by atoms with van der Waals surface area (Å²) in [4.78, 5) is 16.7. The number of hydrogen-bond donors (Lipinski definition) is 0. The highest BCUT2D eigenvalue weighted by Gasteiger charge is 2.39. The van der Waals surface area contributed by atoms with E-state index in [0.29, 0.717) is 32.7 Å². The van der Waals surface area contributed by atoms with Crippen LogP contribution in [0.1, 0.15) is 30.4 Å². The fourth-order valence-corrected chi connectivity index (χ4v) is 6.31. The van der Waals surface area contributed by atoms with Gasteiger partial charge < -0.3 is 9.80 Å². The van der Waals surface area contributed by atoms with Gasteiger partial charge in [-0.05, 0) is 67.3 Å². The number of carbonyl (C=O) groups excluding carboxylic acids is 1. The molecular formula is C22H24FN3O3S. The average Bonchev–Trinajstić information content (AvgIpc) is 3.01. The minimum Gasteiger partial charge on any atom is -0.369 e. The number of rotatable bonds is 3. The second-order valence-corrected chi connectivity index (χ2v) is 10.1. The Bertz CT molecular complexity index is 1110. The molecule has 0 bridgehead atoms. The number of carbonyl (C=O) groups is 1. The van der Waals surface area contributed by atoms with Crippen LogP contribution in [0, 0.1) is 5.82 Å². The van der Waals surface area contributed by atoms with Crippen LogP contribution in [0.4, 0.5) is 15.8 Å². The Morgan fingerprint density at radius 1 is 1.00 bits per heavy atom. The van der Waals surface area contributed by atoms with Crippen LogP contribution >= 0.6 is 0 Å². The number of amides is 1. The molecule has 5 rings (SSSR count). The maximum Gasteiger partial charge on any atom is 0.243 e. The summed E-state index contributed by atoms with van der Waals surface area (Å²) < 4.78 is 41.5. The Balaban J connectivity index is 1.40. The second-order valence-electron chi connectivity index (χ2n) is 8.20. The highest BCUT2D eigenvalue weighted by molar-refractivity contribution is 7.89. The first-order valence-corrected chi connectivity index (χ1v) is 11.8. The molecule has 1 saturated heterocycles. The molecule has 158 valence electrons. The first-order valence-electron chi connectivity index (χ1n) is 10.3. The molecule has 3 aliphatic rings. The van der Waals surface area contributed by atoms with Crippen molar-refractivity contribution < 1.29 is 17.6 Å². The van der Waals surface area contributed by atoms with E-state index in [4.69, 9.17) is 0 Å². The Morgan fingerprint density at radius 2 is 1.70 bits per heavy atom. The Morgan fingerprint density at radius 3 is 2.40 bits per heavy atom. The molecule has 30 heavy (non-hydrogen) atoms. The molecule has 0 N–H and O–H groups in total. The quantitative estimate of drug-likeness (QED) is 0.753. The summed E-state index contributed by atoms with van der Waals surface area (Å²) in [5.74, 6) is -0.525. The molecule has 1 atom stereocenters. The van der Waals surface area contributed by atoms with Gasteiger partial charge in [0.2, 0.25) is 15.9 Å². The van der Waals surface area contributed by atoms with Crippen molar-refractivity contribution in [3.05, 3.63) is 53.3 Å². The van der Waals surface area contributed by atoms with E-state index in [1.807, 2.05) is 11.8 Å². The van der Waals surface area contributed by atoms with Crippen molar-refractivity contribution in [3.63, 3.8) is 0 Å². The molecule has 2 aromatic rings. The van der Waals surface area contributed by atoms with Crippen LogP contribution in [0.15, 0.2) is 41.3 Å². The maximum atomic E-state index is 13.4. The molecule has 8 heteroatoms. The van der Waals surface area contributed by atoms with Crippen LogP contribution in [0.5, 0.6) is 0 Å². The maximum absolute atomic E-state index is 13.4. The molecule has 0 unspecified atom stereocenters. The van der Waals surface area contributed by atoms with Gasteiger partial charge in [0.05, 0.1) is 16.5 Å². The number of halogens is 1. The highest BCUT2D eigenvalue weighted by atomic mass is 32.2. The van der Waals surface area contributed by atoms with E-state index >= 15 is 0 Å². The number of aryl methyl sites for hydroxylation is 1. The number of piperazine rings is 1. The molecule has 0 aromatic heterocycles. The van der Waals surface area contributed by atoms with Gasteiger partial charge in [0, 0.05) is 38.4 Å². The summed E-state index contributed by atoms with van der Waals surface area (Å²) in [6.07, 6.45) is 1.64. The molecule has 0 spiro atoms. The third-order valence-electron chi connectivity index (χ3n) is 6.46. The number of sulfonamides is 1. The van der Waals surface area contributed by atoms with Gasteiger partial charge in [-0.1, -0.05) is 0 Å². The lowest BCUT2D eigenvalue weighted by Gasteiger charge is -2.35. The van der Waals surface area contributed by atoms with Crippen molar-refractivity contribution in [2.24, 2.45) is 0 Å². The van der Waals surface area contributed by atoms with Crippen molar-refractivity contribution in [3.8, 4) is 0 Å². The van der Waals surface area contributed by atoms with E-state index in [9.17, 15) is 17.6 Å². The smallest absolute Gasteiger partial charge is 0.243 e. The lowest BCUT2D eigenvalue weighted by atomic mass is 9.97. The van der Waals surface area contributed by atoms with E-state index in [0.717, 1.165) is 35.3 Å². The third kappa shape index (κ3) is 3.01. The van der Waals surface area contributed by atoms with Crippen molar-refractivity contribution in [1.82, 2.24) is 4.31 Å². The lowest BCUT2D eigenvalue weighted by Crippen LogP contribution is -2.48. The Hall–Kier alpha value is -2.45. The molecular weight excluding hydrogens is 405 g/mol. The minimum absolute atomic E-state index is 0.0633. The van der Waals surface area contributed by atoms with Crippen LogP contribution in [-0.2, 0) is 21.2 Å². The highest BCUT2D eigenvalue weighted by Crippen LogP contribution is 2.44. The normalized spacial score (nSPS) is 21.8. The molecule has 2 aromatic carbocycles. The topological polar surface area (TPSA) is 60.9 Å². The average molecular weight is 430 g/mol. The third-order valence-corrected chi connectivity index (χ3v) is 8.34. The van der Waals surface area contributed by atoms with Gasteiger partial charge in [0.25, 0.3) is 0 Å². The Kier molecular flexibility index (Phi) is 4.59. The molecule has 3 aliphatic heterocycles. The summed E-state index contributed by atoms with van der Waals surface area (Å²) in [6.45, 7) is 4.39. The number of hydrogen-bond acceptors (Lipinski definition) is 4. The van der Waals surface area contributed by atoms with E-state index in [-0.39, 0.29) is 22.5 Å². The van der Waals surface area contributed by atoms with Gasteiger partial charge in [-0.2, -0.15) is 4.31 Å². The lowest BCUT2D eigenvalue weighted by molar-refractivity contribution is -0.119. The fourth-order valence-electron chi connectivity index (χ4n) is 4.80. The molecule has 3 heterocycles. The molecule has 0 aliphatic carbocycles. The van der Waals surface area contributed by atoms with Crippen molar-refractivity contribution in [1.29, 1.82) is 0 Å². The summed E-state index contributed by atoms with van der Waals surface area (Å²) in [5.41, 5.74) is 3.61. The predicted molar refractivity (Wildman–Crippen MR) is 113 cm³/mol. The van der Waals surface area contributed by atoms with Gasteiger partial charge >= 0.3 is 0 Å². The molecule has 1 amide bonds. The zero-order valence-electron chi connectivity index (χ0n) is 16.8. The number of nitrogens with zero attached hydrogens (tertiary/aromatic N) is 3. The van der Waals surface area contributed by atoms with E-state index in [1.54, 1.807) is 24.3 Å². The van der Waals surface area contributed by atoms with Gasteiger partial charge in [-0.25, -0.2) is 12.8 Å². The zero-order valence-corrected chi connectivity index (χ0v) is 17.7. The van der Waals surface area contributed by atoms with Crippen molar-refractivity contribution in [2.75, 3.05) is 42.5 Å². The predicted octanol–water partition coefficient (Wildman–Crippen LogP) is 2.73. The monoisotopic (exact) mass is 429 g/mol. The van der Waals surface area contributed by atoms with Gasteiger partial charge in [0.15, 0.2) is 0 Å². The first-order chi connectivity index (χ1) is 14.4. The van der Waals surface area contributed by atoms with E-state index < -0.39 is 10.0 Å². The fraction of sp³-hybridized carbons (Fsp3) is 0.409. The second kappa shape index (κ2) is 7.06. The summed E-state index contributed by atoms with van der Waals surface area (Å²) in [5, 5.41) is 0. The van der Waals surface area contributed by atoms with Crippen LogP contribution < -0.4 is 9.80 Å². The van der Waals surface area contributed by atoms with E-state index in [1.165, 1.54) is 16.4 Å². The van der Waals surface area contributed by atoms with Crippen LogP contribution in [0.2, 0.25) is 0 Å². The molecule has 6 nitrogen and oxygen atoms in total. The summed E-state index contributed by atoms with van der Waals surface area (Å²) >= 11 is 0. The van der Waals surface area contributed by atoms with E-state index in [2.05, 4.69) is 4.90 Å². The van der Waals surface area contributed by atoms with Gasteiger partial charge in [-0.15, -0.1) is 0 Å². The molecule has 1 fully saturated rings. The first kappa shape index (κ1) is 19.5. The van der Waals surface area contributed by atoms with Crippen LogP contribution in [0.3, 0.4) is 0 Å². The standard InChI is InChI=1S/C22H24FN3O3S/c1-15-20-14-19(13-16-3-2-8-26(21(16)20)22(15)27)30(28,29)25-11-9-24(10-12-25)18-6-4-17(23)5-7-18/h4-7,13-15H,2-3,8-12H2,1H3/t15-/m0/s1. The molecule has 0 saturated carbocycles. The zero-order chi connectivity index (χ0) is 21.0. The van der Waals surface area contributed by atoms with Crippen molar-refractivity contribution >= 4 is 27.3 Å². The van der Waals surface area contributed by atoms with Crippen LogP contribution in [0.25, 0.3) is 0 Å². The van der Waals surface area contributed by atoms with Crippen molar-refractivity contribution in [2.45, 2.75) is 30.6 Å². The largest absolute Gasteiger partial charge is 0.369 e. The van der Waals surface area contributed by atoms with Crippen LogP contribution in [-0.4, -0.2) is 51.4 Å². The number of benzene rings is 2. The Labute approximate surface area is 175 Å². The molecule has 0 radical (unpaired) electrons. The number of anilines is 2. The van der Waals surface area contributed by atoms with Gasteiger partial charge in [0.1, 0.15) is 5.82 Å². The SMILES string of the molecule is C[C@@H]1C(=O)N2CCCc3cc(S(=O)(=O)N4CCN(c5ccc(F)cc5)CC4)cc1c32. The van der Waals surface area contributed by atoms with Gasteiger partial charge in [-0.3, -0.25) is 4.79 Å². The summed E-state index contributed by atoms with van der Waals surface area (Å²) in [7, 11) is -3.65. The summed E-state index contributed by atoms with van der Waals surface area (Å²) in [6, 6.07) is 9.73.